The number of benzene rings is 1. The Balaban J connectivity index is 1.93. The minimum Gasteiger partial charge on any atom is -0.469 e. The predicted octanol–water partition coefficient (Wildman–Crippen LogP) is 2.59. The summed E-state index contributed by atoms with van der Waals surface area (Å²) >= 11 is 0. The number of methoxy groups -OCH3 is 1. The van der Waals surface area contributed by atoms with Gasteiger partial charge in [-0.3, -0.25) is 4.79 Å². The van der Waals surface area contributed by atoms with Crippen LogP contribution in [0.3, 0.4) is 0 Å². The minimum absolute atomic E-state index is 0.169. The van der Waals surface area contributed by atoms with Crippen molar-refractivity contribution in [2.24, 2.45) is 0 Å². The maximum Gasteiger partial charge on any atom is 0.305 e. The maximum absolute atomic E-state index is 10.8. The zero-order valence-corrected chi connectivity index (χ0v) is 10.4. The van der Waals surface area contributed by atoms with Crippen molar-refractivity contribution < 1.29 is 14.3 Å². The second-order valence-electron chi connectivity index (χ2n) is 3.88. The predicted molar refractivity (Wildman–Crippen MR) is 66.8 cm³/mol. The fraction of sp³-hybridized carbons (Fsp3) is 0.500. The monoisotopic (exact) mass is 236 g/mol. The summed E-state index contributed by atoms with van der Waals surface area (Å²) in [6.45, 7) is 1.37. The topological polar surface area (TPSA) is 35.5 Å². The van der Waals surface area contributed by atoms with Crippen LogP contribution < -0.4 is 0 Å². The fourth-order valence-corrected chi connectivity index (χ4v) is 1.55. The standard InChI is InChI=1S/C14H20O3/c1-16-14(15)10-6-12-17-11-5-9-13-7-3-2-4-8-13/h2-4,7-8H,5-6,9-12H2,1H3. The van der Waals surface area contributed by atoms with Gasteiger partial charge in [0.25, 0.3) is 0 Å². The van der Waals surface area contributed by atoms with E-state index in [4.69, 9.17) is 4.74 Å². The van der Waals surface area contributed by atoms with Crippen LogP contribution in [0, 0.1) is 0 Å². The quantitative estimate of drug-likeness (QED) is 0.514. The molecule has 0 aliphatic heterocycles. The Bertz CT molecular complexity index is 309. The summed E-state index contributed by atoms with van der Waals surface area (Å²) in [6.07, 6.45) is 3.23. The van der Waals surface area contributed by atoms with Gasteiger partial charge in [-0.1, -0.05) is 30.3 Å². The van der Waals surface area contributed by atoms with Gasteiger partial charge in [-0.05, 0) is 24.8 Å². The van der Waals surface area contributed by atoms with Gasteiger partial charge >= 0.3 is 5.97 Å². The molecular formula is C14H20O3. The lowest BCUT2D eigenvalue weighted by Gasteiger charge is -2.04. The number of hydrogen-bond acceptors (Lipinski definition) is 3. The summed E-state index contributed by atoms with van der Waals surface area (Å²) in [5, 5.41) is 0. The first-order valence-corrected chi connectivity index (χ1v) is 6.01. The summed E-state index contributed by atoms with van der Waals surface area (Å²) in [7, 11) is 1.41. The molecule has 0 fully saturated rings. The van der Waals surface area contributed by atoms with Gasteiger partial charge < -0.3 is 9.47 Å². The van der Waals surface area contributed by atoms with Crippen LogP contribution in [0.2, 0.25) is 0 Å². The van der Waals surface area contributed by atoms with Crippen LogP contribution in [-0.4, -0.2) is 26.3 Å². The average Bonchev–Trinajstić information content (AvgIpc) is 2.38. The van der Waals surface area contributed by atoms with Gasteiger partial charge in [0.2, 0.25) is 0 Å². The molecule has 0 aliphatic carbocycles. The van der Waals surface area contributed by atoms with E-state index in [1.54, 1.807) is 0 Å². The van der Waals surface area contributed by atoms with Gasteiger partial charge in [-0.25, -0.2) is 0 Å². The van der Waals surface area contributed by atoms with E-state index in [9.17, 15) is 4.79 Å². The minimum atomic E-state index is -0.169. The number of hydrogen-bond donors (Lipinski definition) is 0. The molecule has 0 N–H and O–H groups in total. The fourth-order valence-electron chi connectivity index (χ4n) is 1.55. The summed E-state index contributed by atoms with van der Waals surface area (Å²) in [5.74, 6) is -0.169. The molecule has 1 aromatic carbocycles. The van der Waals surface area contributed by atoms with Crippen molar-refractivity contribution in [3.05, 3.63) is 35.9 Å². The number of esters is 1. The van der Waals surface area contributed by atoms with Gasteiger partial charge in [0, 0.05) is 19.6 Å². The molecule has 0 saturated heterocycles. The first-order valence-electron chi connectivity index (χ1n) is 6.01. The van der Waals surface area contributed by atoms with E-state index < -0.39 is 0 Å². The normalized spacial score (nSPS) is 10.2. The third kappa shape index (κ3) is 6.74. The third-order valence-corrected chi connectivity index (χ3v) is 2.49. The van der Waals surface area contributed by atoms with Crippen LogP contribution in [0.25, 0.3) is 0 Å². The highest BCUT2D eigenvalue weighted by Gasteiger charge is 1.99. The van der Waals surface area contributed by atoms with E-state index in [1.165, 1.54) is 12.7 Å². The van der Waals surface area contributed by atoms with E-state index >= 15 is 0 Å². The summed E-state index contributed by atoms with van der Waals surface area (Å²) < 4.78 is 9.98. The lowest BCUT2D eigenvalue weighted by molar-refractivity contribution is -0.141. The molecule has 0 heterocycles. The van der Waals surface area contributed by atoms with Crippen molar-refractivity contribution in [1.29, 1.82) is 0 Å². The van der Waals surface area contributed by atoms with Crippen molar-refractivity contribution in [2.45, 2.75) is 25.7 Å². The molecule has 1 rings (SSSR count). The Morgan fingerprint density at radius 3 is 2.53 bits per heavy atom. The highest BCUT2D eigenvalue weighted by atomic mass is 16.5. The molecule has 17 heavy (non-hydrogen) atoms. The molecule has 3 nitrogen and oxygen atoms in total. The Hall–Kier alpha value is -1.35. The van der Waals surface area contributed by atoms with E-state index in [0.717, 1.165) is 25.9 Å². The van der Waals surface area contributed by atoms with Crippen LogP contribution in [0.1, 0.15) is 24.8 Å². The third-order valence-electron chi connectivity index (χ3n) is 2.49. The van der Waals surface area contributed by atoms with Crippen LogP contribution in [-0.2, 0) is 20.7 Å². The number of carbonyl (C=O) groups is 1. The Kier molecular flexibility index (Phi) is 7.07. The summed E-state index contributed by atoms with van der Waals surface area (Å²) in [6, 6.07) is 10.4. The van der Waals surface area contributed by atoms with E-state index in [1.807, 2.05) is 18.2 Å². The molecule has 0 atom stereocenters. The molecule has 0 amide bonds. The zero-order chi connectivity index (χ0) is 12.3. The van der Waals surface area contributed by atoms with Gasteiger partial charge in [-0.15, -0.1) is 0 Å². The molecule has 0 aromatic heterocycles. The summed E-state index contributed by atoms with van der Waals surface area (Å²) in [5.41, 5.74) is 1.34. The van der Waals surface area contributed by atoms with E-state index in [2.05, 4.69) is 16.9 Å². The average molecular weight is 236 g/mol. The lowest BCUT2D eigenvalue weighted by atomic mass is 10.1. The molecular weight excluding hydrogens is 216 g/mol. The molecule has 0 aliphatic rings. The van der Waals surface area contributed by atoms with Gasteiger partial charge in [0.15, 0.2) is 0 Å². The van der Waals surface area contributed by atoms with Crippen molar-refractivity contribution in [2.75, 3.05) is 20.3 Å². The van der Waals surface area contributed by atoms with Crippen LogP contribution >= 0.6 is 0 Å². The lowest BCUT2D eigenvalue weighted by Crippen LogP contribution is -2.04. The molecule has 0 saturated carbocycles. The zero-order valence-electron chi connectivity index (χ0n) is 10.4. The second kappa shape index (κ2) is 8.76. The smallest absolute Gasteiger partial charge is 0.305 e. The molecule has 0 bridgehead atoms. The van der Waals surface area contributed by atoms with Crippen LogP contribution in [0.15, 0.2) is 30.3 Å². The van der Waals surface area contributed by atoms with Crippen LogP contribution in [0.5, 0.6) is 0 Å². The highest BCUT2D eigenvalue weighted by molar-refractivity contribution is 5.68. The molecule has 3 heteroatoms. The molecule has 0 spiro atoms. The SMILES string of the molecule is COC(=O)CCCOCCCc1ccccc1. The Labute approximate surface area is 103 Å². The van der Waals surface area contributed by atoms with Crippen molar-refractivity contribution in [3.8, 4) is 0 Å². The summed E-state index contributed by atoms with van der Waals surface area (Å²) in [4.78, 5) is 10.8. The highest BCUT2D eigenvalue weighted by Crippen LogP contribution is 2.02. The largest absolute Gasteiger partial charge is 0.469 e. The van der Waals surface area contributed by atoms with Gasteiger partial charge in [-0.2, -0.15) is 0 Å². The molecule has 0 unspecified atom stereocenters. The van der Waals surface area contributed by atoms with Gasteiger partial charge in [0.05, 0.1) is 7.11 Å². The van der Waals surface area contributed by atoms with Crippen molar-refractivity contribution in [3.63, 3.8) is 0 Å². The van der Waals surface area contributed by atoms with E-state index in [0.29, 0.717) is 13.0 Å². The Morgan fingerprint density at radius 1 is 1.12 bits per heavy atom. The maximum atomic E-state index is 10.8. The second-order valence-corrected chi connectivity index (χ2v) is 3.88. The molecule has 1 aromatic rings. The number of ether oxygens (including phenoxy) is 2. The number of aryl methyl sites for hydroxylation is 1. The van der Waals surface area contributed by atoms with Crippen LogP contribution in [0.4, 0.5) is 0 Å². The number of carbonyl (C=O) groups excluding carboxylic acids is 1. The first kappa shape index (κ1) is 13.7. The van der Waals surface area contributed by atoms with E-state index in [-0.39, 0.29) is 5.97 Å². The first-order chi connectivity index (χ1) is 8.33. The molecule has 0 radical (unpaired) electrons. The van der Waals surface area contributed by atoms with Crippen molar-refractivity contribution >= 4 is 5.97 Å². The van der Waals surface area contributed by atoms with Gasteiger partial charge in [0.1, 0.15) is 0 Å². The van der Waals surface area contributed by atoms with Crippen molar-refractivity contribution in [1.82, 2.24) is 0 Å². The Morgan fingerprint density at radius 2 is 1.82 bits per heavy atom. The molecule has 94 valence electrons. The number of rotatable bonds is 8.